The normalized spacial score (nSPS) is 23.1. The number of hydrogen-bond acceptors (Lipinski definition) is 3. The quantitative estimate of drug-likeness (QED) is 0.888. The van der Waals surface area contributed by atoms with Gasteiger partial charge in [-0.3, -0.25) is 9.48 Å². The van der Waals surface area contributed by atoms with E-state index < -0.39 is 5.54 Å². The molecule has 1 fully saturated rings. The first-order valence-electron chi connectivity index (χ1n) is 6.63. The summed E-state index contributed by atoms with van der Waals surface area (Å²) in [6, 6.07) is 1.97. The number of hydrogen-bond donors (Lipinski definition) is 2. The molecule has 0 bridgehead atoms. The summed E-state index contributed by atoms with van der Waals surface area (Å²) < 4.78 is 1.83. The Bertz CT molecular complexity index is 391. The van der Waals surface area contributed by atoms with E-state index in [1.165, 1.54) is 0 Å². The number of piperidine rings is 1. The van der Waals surface area contributed by atoms with E-state index >= 15 is 0 Å². The largest absolute Gasteiger partial charge is 0.350 e. The van der Waals surface area contributed by atoms with Gasteiger partial charge >= 0.3 is 0 Å². The molecule has 0 radical (unpaired) electrons. The molecule has 5 nitrogen and oxygen atoms in total. The molecule has 0 spiro atoms. The number of halogens is 2. The number of nitrogens with zero attached hydrogens (tertiary/aromatic N) is 2. The van der Waals surface area contributed by atoms with Crippen LogP contribution in [0.4, 0.5) is 0 Å². The number of carbonyl (C=O) groups excluding carboxylic acids is 1. The Kier molecular flexibility index (Phi) is 8.16. The molecule has 2 N–H and O–H groups in total. The number of carbonyl (C=O) groups is 1. The van der Waals surface area contributed by atoms with Gasteiger partial charge in [-0.05, 0) is 45.7 Å². The van der Waals surface area contributed by atoms with Crippen molar-refractivity contribution in [1.82, 2.24) is 20.4 Å². The first-order valence-corrected chi connectivity index (χ1v) is 6.63. The van der Waals surface area contributed by atoms with Crippen LogP contribution < -0.4 is 10.6 Å². The molecular formula is C13H24Cl2N4O. The molecule has 1 amide bonds. The third-order valence-corrected chi connectivity index (χ3v) is 3.52. The maximum absolute atomic E-state index is 12.3. The maximum Gasteiger partial charge on any atom is 0.240 e. The zero-order valence-electron chi connectivity index (χ0n) is 12.0. The van der Waals surface area contributed by atoms with Crippen LogP contribution in [0, 0.1) is 0 Å². The van der Waals surface area contributed by atoms with Crippen LogP contribution in [-0.2, 0) is 11.3 Å². The minimum atomic E-state index is -0.406. The molecule has 0 aliphatic carbocycles. The Morgan fingerprint density at radius 2 is 2.25 bits per heavy atom. The lowest BCUT2D eigenvalue weighted by Crippen LogP contribution is -2.58. The molecule has 1 aliphatic heterocycles. The fourth-order valence-corrected chi connectivity index (χ4v) is 2.37. The highest BCUT2D eigenvalue weighted by molar-refractivity contribution is 5.86. The van der Waals surface area contributed by atoms with Crippen molar-refractivity contribution in [2.45, 2.75) is 51.2 Å². The number of nitrogens with one attached hydrogen (secondary N) is 2. The van der Waals surface area contributed by atoms with Crippen molar-refractivity contribution < 1.29 is 4.79 Å². The summed E-state index contributed by atoms with van der Waals surface area (Å²) in [5.74, 6) is 0.0989. The highest BCUT2D eigenvalue weighted by atomic mass is 35.5. The Hall–Kier alpha value is -0.780. The first-order chi connectivity index (χ1) is 8.60. The van der Waals surface area contributed by atoms with Crippen LogP contribution in [-0.4, -0.2) is 33.8 Å². The van der Waals surface area contributed by atoms with Crippen molar-refractivity contribution in [2.75, 3.05) is 6.54 Å². The van der Waals surface area contributed by atoms with Crippen molar-refractivity contribution in [3.05, 3.63) is 18.5 Å². The van der Waals surface area contributed by atoms with Crippen LogP contribution in [0.1, 0.15) is 33.1 Å². The van der Waals surface area contributed by atoms with E-state index in [1.54, 1.807) is 6.20 Å². The Balaban J connectivity index is 0.00000180. The molecule has 1 aromatic heterocycles. The number of aromatic nitrogens is 2. The van der Waals surface area contributed by atoms with Crippen molar-refractivity contribution in [3.8, 4) is 0 Å². The van der Waals surface area contributed by atoms with Crippen LogP contribution in [0.5, 0.6) is 0 Å². The summed E-state index contributed by atoms with van der Waals surface area (Å²) >= 11 is 0. The monoisotopic (exact) mass is 322 g/mol. The molecule has 7 heteroatoms. The molecule has 116 valence electrons. The van der Waals surface area contributed by atoms with Crippen molar-refractivity contribution in [2.24, 2.45) is 0 Å². The van der Waals surface area contributed by atoms with Gasteiger partial charge in [0.1, 0.15) is 0 Å². The van der Waals surface area contributed by atoms with Gasteiger partial charge in [-0.25, -0.2) is 0 Å². The van der Waals surface area contributed by atoms with Gasteiger partial charge < -0.3 is 10.6 Å². The summed E-state index contributed by atoms with van der Waals surface area (Å²) in [5, 5.41) is 10.5. The van der Waals surface area contributed by atoms with Gasteiger partial charge in [0, 0.05) is 18.4 Å². The average Bonchev–Trinajstić information content (AvgIpc) is 2.82. The highest BCUT2D eigenvalue weighted by Gasteiger charge is 2.34. The predicted molar refractivity (Wildman–Crippen MR) is 84.6 cm³/mol. The lowest BCUT2D eigenvalue weighted by atomic mass is 9.90. The second-order valence-electron chi connectivity index (χ2n) is 5.32. The molecule has 1 saturated heterocycles. The molecule has 1 aliphatic rings. The van der Waals surface area contributed by atoms with Gasteiger partial charge in [-0.2, -0.15) is 5.10 Å². The second-order valence-corrected chi connectivity index (χ2v) is 5.32. The standard InChI is InChI=1S/C13H22N4O.2ClH/c1-11(10-17-9-5-8-15-17)16-12(18)13(2)6-3-4-7-14-13;;/h5,8-9,11,14H,3-4,6-7,10H2,1-2H3,(H,16,18);2*1H. The molecule has 20 heavy (non-hydrogen) atoms. The van der Waals surface area contributed by atoms with Crippen LogP contribution in [0.3, 0.4) is 0 Å². The topological polar surface area (TPSA) is 59.0 Å². The summed E-state index contributed by atoms with van der Waals surface area (Å²) in [5.41, 5.74) is -0.406. The smallest absolute Gasteiger partial charge is 0.240 e. The van der Waals surface area contributed by atoms with Crippen LogP contribution in [0.15, 0.2) is 18.5 Å². The summed E-state index contributed by atoms with van der Waals surface area (Å²) in [4.78, 5) is 12.3. The lowest BCUT2D eigenvalue weighted by Gasteiger charge is -2.34. The summed E-state index contributed by atoms with van der Waals surface area (Å²) in [6.45, 7) is 5.63. The van der Waals surface area contributed by atoms with E-state index in [4.69, 9.17) is 0 Å². The molecule has 2 rings (SSSR count). The Labute approximate surface area is 132 Å². The Morgan fingerprint density at radius 1 is 1.50 bits per heavy atom. The number of amides is 1. The average molecular weight is 323 g/mol. The van der Waals surface area contributed by atoms with E-state index in [0.29, 0.717) is 6.54 Å². The Morgan fingerprint density at radius 3 is 2.80 bits per heavy atom. The molecule has 2 unspecified atom stereocenters. The maximum atomic E-state index is 12.3. The minimum absolute atomic E-state index is 0. The zero-order valence-corrected chi connectivity index (χ0v) is 13.6. The molecular weight excluding hydrogens is 299 g/mol. The first kappa shape index (κ1) is 19.2. The van der Waals surface area contributed by atoms with Gasteiger partial charge in [-0.1, -0.05) is 0 Å². The molecule has 0 aromatic carbocycles. The van der Waals surface area contributed by atoms with Gasteiger partial charge in [0.05, 0.1) is 12.1 Å². The van der Waals surface area contributed by atoms with E-state index in [2.05, 4.69) is 15.7 Å². The fourth-order valence-electron chi connectivity index (χ4n) is 2.37. The highest BCUT2D eigenvalue weighted by Crippen LogP contribution is 2.18. The molecule has 2 heterocycles. The summed E-state index contributed by atoms with van der Waals surface area (Å²) in [7, 11) is 0. The molecule has 0 saturated carbocycles. The zero-order chi connectivity index (χ0) is 13.0. The molecule has 2 atom stereocenters. The SMILES string of the molecule is CC(Cn1cccn1)NC(=O)C1(C)CCCCN1.Cl.Cl. The van der Waals surface area contributed by atoms with E-state index in [0.717, 1.165) is 25.8 Å². The van der Waals surface area contributed by atoms with Crippen LogP contribution >= 0.6 is 24.8 Å². The second kappa shape index (κ2) is 8.49. The third-order valence-electron chi connectivity index (χ3n) is 3.52. The lowest BCUT2D eigenvalue weighted by molar-refractivity contribution is -0.128. The molecule has 1 aromatic rings. The summed E-state index contributed by atoms with van der Waals surface area (Å²) in [6.07, 6.45) is 6.84. The van der Waals surface area contributed by atoms with Crippen molar-refractivity contribution >= 4 is 30.7 Å². The van der Waals surface area contributed by atoms with Crippen LogP contribution in [0.2, 0.25) is 0 Å². The van der Waals surface area contributed by atoms with Gasteiger partial charge in [0.15, 0.2) is 0 Å². The van der Waals surface area contributed by atoms with E-state index in [9.17, 15) is 4.79 Å². The number of rotatable bonds is 4. The fraction of sp³-hybridized carbons (Fsp3) is 0.692. The van der Waals surface area contributed by atoms with E-state index in [-0.39, 0.29) is 36.8 Å². The van der Waals surface area contributed by atoms with Crippen molar-refractivity contribution in [3.63, 3.8) is 0 Å². The van der Waals surface area contributed by atoms with Crippen LogP contribution in [0.25, 0.3) is 0 Å². The predicted octanol–water partition coefficient (Wildman–Crippen LogP) is 1.76. The van der Waals surface area contributed by atoms with Gasteiger partial charge in [0.25, 0.3) is 0 Å². The minimum Gasteiger partial charge on any atom is -0.350 e. The van der Waals surface area contributed by atoms with Crippen molar-refractivity contribution in [1.29, 1.82) is 0 Å². The van der Waals surface area contributed by atoms with Gasteiger partial charge in [-0.15, -0.1) is 24.8 Å². The van der Waals surface area contributed by atoms with Gasteiger partial charge in [0.2, 0.25) is 5.91 Å². The van der Waals surface area contributed by atoms with E-state index in [1.807, 2.05) is 30.8 Å². The third kappa shape index (κ3) is 4.96.